The summed E-state index contributed by atoms with van der Waals surface area (Å²) in [7, 11) is 0. The summed E-state index contributed by atoms with van der Waals surface area (Å²) < 4.78 is 13.6. The van der Waals surface area contributed by atoms with Crippen molar-refractivity contribution in [2.75, 3.05) is 19.6 Å². The van der Waals surface area contributed by atoms with E-state index in [0.717, 1.165) is 31.8 Å². The number of fused-ring (bicyclic) bond motifs is 4. The summed E-state index contributed by atoms with van der Waals surface area (Å²) >= 11 is 6.11. The van der Waals surface area contributed by atoms with Crippen molar-refractivity contribution < 1.29 is 9.18 Å². The topological polar surface area (TPSA) is 64.3 Å². The second-order valence-corrected chi connectivity index (χ2v) is 9.42. The SMILES string of the molecule is CC(C)(C)NC(=O)CN1CC2CCC1CN2Cc1nc2c(Cl)cc(F)cc2[nH]1. The zero-order chi connectivity index (χ0) is 20.1. The van der Waals surface area contributed by atoms with E-state index in [1.807, 2.05) is 20.8 Å². The summed E-state index contributed by atoms with van der Waals surface area (Å²) in [6.07, 6.45) is 2.23. The molecule has 5 rings (SSSR count). The van der Waals surface area contributed by atoms with Crippen LogP contribution in [0.3, 0.4) is 0 Å². The van der Waals surface area contributed by atoms with Crippen molar-refractivity contribution in [3.05, 3.63) is 28.8 Å². The molecule has 2 aromatic rings. The molecule has 1 amide bonds. The number of H-pyrrole nitrogens is 1. The monoisotopic (exact) mass is 407 g/mol. The number of aromatic amines is 1. The van der Waals surface area contributed by atoms with Gasteiger partial charge in [0.25, 0.3) is 0 Å². The van der Waals surface area contributed by atoms with Crippen molar-refractivity contribution in [2.24, 2.45) is 0 Å². The van der Waals surface area contributed by atoms with Gasteiger partial charge in [0.15, 0.2) is 0 Å². The van der Waals surface area contributed by atoms with Crippen LogP contribution >= 0.6 is 11.6 Å². The fourth-order valence-electron chi connectivity index (χ4n) is 4.39. The van der Waals surface area contributed by atoms with Crippen LogP contribution in [0.5, 0.6) is 0 Å². The first-order valence-electron chi connectivity index (χ1n) is 9.81. The highest BCUT2D eigenvalue weighted by Crippen LogP contribution is 2.30. The number of nitrogens with one attached hydrogen (secondary N) is 2. The number of carbonyl (C=O) groups excluding carboxylic acids is 1. The summed E-state index contributed by atoms with van der Waals surface area (Å²) in [5.74, 6) is 0.515. The maximum atomic E-state index is 13.6. The first-order valence-corrected chi connectivity index (χ1v) is 10.2. The number of carbonyl (C=O) groups is 1. The lowest BCUT2D eigenvalue weighted by atomic mass is 9.90. The van der Waals surface area contributed by atoms with Gasteiger partial charge < -0.3 is 10.3 Å². The minimum atomic E-state index is -0.367. The zero-order valence-electron chi connectivity index (χ0n) is 16.6. The van der Waals surface area contributed by atoms with Crippen LogP contribution in [0.15, 0.2) is 12.1 Å². The van der Waals surface area contributed by atoms with Gasteiger partial charge in [0, 0.05) is 30.7 Å². The molecule has 3 aliphatic rings. The number of benzene rings is 1. The third-order valence-electron chi connectivity index (χ3n) is 5.52. The number of amides is 1. The Morgan fingerprint density at radius 1 is 1.29 bits per heavy atom. The van der Waals surface area contributed by atoms with Gasteiger partial charge in [0.1, 0.15) is 17.2 Å². The highest BCUT2D eigenvalue weighted by molar-refractivity contribution is 6.34. The average molecular weight is 408 g/mol. The van der Waals surface area contributed by atoms with Crippen LogP contribution in [-0.4, -0.2) is 62.9 Å². The van der Waals surface area contributed by atoms with Gasteiger partial charge in [-0.3, -0.25) is 14.6 Å². The molecule has 2 bridgehead atoms. The Morgan fingerprint density at radius 2 is 1.96 bits per heavy atom. The summed E-state index contributed by atoms with van der Waals surface area (Å²) in [6, 6.07) is 3.49. The number of hydrogen-bond acceptors (Lipinski definition) is 4. The van der Waals surface area contributed by atoms with E-state index in [0.29, 0.717) is 41.2 Å². The van der Waals surface area contributed by atoms with Gasteiger partial charge in [-0.15, -0.1) is 0 Å². The summed E-state index contributed by atoms with van der Waals surface area (Å²) in [5.41, 5.74) is 1.03. The van der Waals surface area contributed by atoms with Gasteiger partial charge in [-0.1, -0.05) is 11.6 Å². The Balaban J connectivity index is 1.41. The van der Waals surface area contributed by atoms with E-state index in [9.17, 15) is 9.18 Å². The van der Waals surface area contributed by atoms with Crippen molar-refractivity contribution in [2.45, 2.75) is 57.8 Å². The smallest absolute Gasteiger partial charge is 0.234 e. The number of aromatic nitrogens is 2. The minimum absolute atomic E-state index is 0.0838. The van der Waals surface area contributed by atoms with Crippen molar-refractivity contribution >= 4 is 28.5 Å². The number of halogens is 2. The molecule has 0 aliphatic carbocycles. The van der Waals surface area contributed by atoms with Crippen LogP contribution in [0, 0.1) is 5.82 Å². The third-order valence-corrected chi connectivity index (χ3v) is 5.81. The quantitative estimate of drug-likeness (QED) is 0.818. The highest BCUT2D eigenvalue weighted by Gasteiger charge is 2.39. The van der Waals surface area contributed by atoms with Crippen LogP contribution in [0.25, 0.3) is 11.0 Å². The zero-order valence-corrected chi connectivity index (χ0v) is 17.3. The molecule has 2 N–H and O–H groups in total. The predicted molar refractivity (Wildman–Crippen MR) is 108 cm³/mol. The van der Waals surface area contributed by atoms with Gasteiger partial charge in [0.05, 0.1) is 23.6 Å². The lowest BCUT2D eigenvalue weighted by Crippen LogP contribution is -2.63. The predicted octanol–water partition coefficient (Wildman–Crippen LogP) is 2.92. The Hall–Kier alpha value is -1.70. The van der Waals surface area contributed by atoms with E-state index in [4.69, 9.17) is 11.6 Å². The van der Waals surface area contributed by atoms with E-state index >= 15 is 0 Å². The van der Waals surface area contributed by atoms with Crippen molar-refractivity contribution in [3.8, 4) is 0 Å². The fraction of sp³-hybridized carbons (Fsp3) is 0.600. The van der Waals surface area contributed by atoms with Gasteiger partial charge in [-0.05, 0) is 45.7 Å². The first-order chi connectivity index (χ1) is 13.2. The lowest BCUT2D eigenvalue weighted by molar-refractivity contribution is -0.127. The summed E-state index contributed by atoms with van der Waals surface area (Å²) in [6.45, 7) is 8.92. The Kier molecular flexibility index (Phi) is 5.10. The average Bonchev–Trinajstić information content (AvgIpc) is 2.97. The largest absolute Gasteiger partial charge is 0.350 e. The van der Waals surface area contributed by atoms with Crippen molar-refractivity contribution in [1.82, 2.24) is 25.1 Å². The van der Waals surface area contributed by atoms with Crippen LogP contribution < -0.4 is 5.32 Å². The molecule has 4 heterocycles. The van der Waals surface area contributed by atoms with Crippen LogP contribution in [-0.2, 0) is 11.3 Å². The summed E-state index contributed by atoms with van der Waals surface area (Å²) in [4.78, 5) is 24.8. The van der Waals surface area contributed by atoms with Crippen molar-refractivity contribution in [1.29, 1.82) is 0 Å². The number of hydrogen-bond donors (Lipinski definition) is 2. The van der Waals surface area contributed by atoms with E-state index in [-0.39, 0.29) is 17.3 Å². The molecule has 1 aromatic heterocycles. The number of nitrogens with zero attached hydrogens (tertiary/aromatic N) is 3. The molecule has 2 atom stereocenters. The normalized spacial score (nSPS) is 23.5. The minimum Gasteiger partial charge on any atom is -0.350 e. The van der Waals surface area contributed by atoms with E-state index in [1.165, 1.54) is 12.1 Å². The number of piperazine rings is 1. The molecule has 3 fully saturated rings. The third kappa shape index (κ3) is 4.16. The number of piperidine rings is 2. The van der Waals surface area contributed by atoms with Gasteiger partial charge in [-0.2, -0.15) is 0 Å². The second-order valence-electron chi connectivity index (χ2n) is 9.01. The van der Waals surface area contributed by atoms with E-state index < -0.39 is 0 Å². The molecule has 0 saturated carbocycles. The molecule has 0 spiro atoms. The second kappa shape index (κ2) is 7.28. The molecule has 3 saturated heterocycles. The molecular weight excluding hydrogens is 381 g/mol. The number of imidazole rings is 1. The molecular formula is C20H27ClFN5O. The molecule has 8 heteroatoms. The maximum absolute atomic E-state index is 13.6. The summed E-state index contributed by atoms with van der Waals surface area (Å²) in [5, 5.41) is 3.38. The molecule has 152 valence electrons. The highest BCUT2D eigenvalue weighted by atomic mass is 35.5. The molecule has 6 nitrogen and oxygen atoms in total. The molecule has 1 aromatic carbocycles. The van der Waals surface area contributed by atoms with Gasteiger partial charge in [-0.25, -0.2) is 9.37 Å². The Labute approximate surface area is 169 Å². The van der Waals surface area contributed by atoms with Gasteiger partial charge in [0.2, 0.25) is 5.91 Å². The Bertz CT molecular complexity index is 893. The fourth-order valence-corrected chi connectivity index (χ4v) is 4.64. The first kappa shape index (κ1) is 19.6. The van der Waals surface area contributed by atoms with Gasteiger partial charge >= 0.3 is 0 Å². The van der Waals surface area contributed by atoms with Crippen LogP contribution in [0.1, 0.15) is 39.4 Å². The molecule has 3 aliphatic heterocycles. The molecule has 28 heavy (non-hydrogen) atoms. The van der Waals surface area contributed by atoms with Crippen LogP contribution in [0.4, 0.5) is 4.39 Å². The van der Waals surface area contributed by atoms with Crippen LogP contribution in [0.2, 0.25) is 5.02 Å². The van der Waals surface area contributed by atoms with E-state index in [1.54, 1.807) is 0 Å². The van der Waals surface area contributed by atoms with E-state index in [2.05, 4.69) is 25.1 Å². The maximum Gasteiger partial charge on any atom is 0.234 e. The molecule has 0 radical (unpaired) electrons. The van der Waals surface area contributed by atoms with Crippen molar-refractivity contribution in [3.63, 3.8) is 0 Å². The molecule has 2 unspecified atom stereocenters. The standard InChI is InChI=1S/C20H27ClFN5O/c1-20(2,3)25-18(28)11-27-9-13-4-5-14(27)8-26(13)10-17-23-16-7-12(22)6-15(21)19(16)24-17/h6-7,13-14H,4-5,8-11H2,1-3H3,(H,23,24)(H,25,28). The Morgan fingerprint density at radius 3 is 2.61 bits per heavy atom. The number of rotatable bonds is 4. The lowest BCUT2D eigenvalue weighted by Gasteiger charge is -2.51.